The molecule has 0 atom stereocenters. The molecule has 1 radical (unpaired) electrons. The number of halogens is 4. The number of anilines is 1. The standard InChI is InChI=1S/C11H10F4NO2/c12-8-3-7(18-11(14)15)4-9(10(8)13)16-17-5-6-1-2-6/h4,6,11,16H,1-2,5H2. The Kier molecular flexibility index (Phi) is 3.90. The predicted molar refractivity (Wildman–Crippen MR) is 54.1 cm³/mol. The minimum Gasteiger partial charge on any atom is -0.434 e. The van der Waals surface area contributed by atoms with E-state index in [2.05, 4.69) is 10.2 Å². The van der Waals surface area contributed by atoms with Crippen LogP contribution in [-0.4, -0.2) is 13.2 Å². The van der Waals surface area contributed by atoms with Gasteiger partial charge in [-0.25, -0.2) is 8.78 Å². The van der Waals surface area contributed by atoms with Crippen LogP contribution in [0.25, 0.3) is 0 Å². The molecule has 0 amide bonds. The number of hydrogen-bond donors (Lipinski definition) is 1. The molecule has 0 spiro atoms. The van der Waals surface area contributed by atoms with Gasteiger partial charge >= 0.3 is 6.61 Å². The molecule has 1 aliphatic rings. The summed E-state index contributed by atoms with van der Waals surface area (Å²) in [6, 6.07) is 2.58. The fourth-order valence-corrected chi connectivity index (χ4v) is 1.27. The van der Waals surface area contributed by atoms with Gasteiger partial charge in [0, 0.05) is 6.07 Å². The van der Waals surface area contributed by atoms with Gasteiger partial charge in [0.05, 0.1) is 12.7 Å². The Hall–Kier alpha value is -1.50. The third kappa shape index (κ3) is 3.49. The third-order valence-electron chi connectivity index (χ3n) is 2.35. The molecular weight excluding hydrogens is 254 g/mol. The lowest BCUT2D eigenvalue weighted by atomic mass is 10.3. The highest BCUT2D eigenvalue weighted by atomic mass is 19.3. The van der Waals surface area contributed by atoms with E-state index in [9.17, 15) is 17.6 Å². The molecule has 2 rings (SSSR count). The zero-order valence-electron chi connectivity index (χ0n) is 9.18. The first-order valence-electron chi connectivity index (χ1n) is 5.30. The molecule has 0 unspecified atom stereocenters. The van der Waals surface area contributed by atoms with Crippen LogP contribution in [0.5, 0.6) is 5.75 Å². The molecule has 1 aromatic carbocycles. The van der Waals surface area contributed by atoms with Gasteiger partial charge in [-0.1, -0.05) is 0 Å². The predicted octanol–water partition coefficient (Wildman–Crippen LogP) is 3.12. The maximum atomic E-state index is 13.3. The molecule has 7 heteroatoms. The normalized spacial score (nSPS) is 14.9. The minimum atomic E-state index is -3.13. The average Bonchev–Trinajstić information content (AvgIpc) is 3.08. The van der Waals surface area contributed by atoms with Gasteiger partial charge in [-0.3, -0.25) is 10.3 Å². The summed E-state index contributed by atoms with van der Waals surface area (Å²) in [5.41, 5.74) is 1.78. The van der Waals surface area contributed by atoms with Crippen molar-refractivity contribution < 1.29 is 27.1 Å². The zero-order chi connectivity index (χ0) is 13.1. The number of nitrogens with one attached hydrogen (secondary N) is 1. The second kappa shape index (κ2) is 5.43. The van der Waals surface area contributed by atoms with E-state index in [1.807, 2.05) is 0 Å². The van der Waals surface area contributed by atoms with Gasteiger partial charge in [0.15, 0.2) is 11.6 Å². The van der Waals surface area contributed by atoms with E-state index in [0.717, 1.165) is 18.9 Å². The number of alkyl halides is 2. The van der Waals surface area contributed by atoms with Crippen LogP contribution in [0.1, 0.15) is 12.8 Å². The maximum absolute atomic E-state index is 13.3. The van der Waals surface area contributed by atoms with E-state index in [-0.39, 0.29) is 0 Å². The van der Waals surface area contributed by atoms with Crippen LogP contribution in [0, 0.1) is 23.6 Å². The first-order valence-corrected chi connectivity index (χ1v) is 5.30. The number of ether oxygens (including phenoxy) is 1. The first kappa shape index (κ1) is 12.9. The molecule has 1 N–H and O–H groups in total. The molecule has 0 aliphatic heterocycles. The van der Waals surface area contributed by atoms with Crippen molar-refractivity contribution in [1.29, 1.82) is 0 Å². The van der Waals surface area contributed by atoms with Gasteiger partial charge in [0.1, 0.15) is 11.4 Å². The van der Waals surface area contributed by atoms with Crippen molar-refractivity contribution in [2.45, 2.75) is 19.5 Å². The van der Waals surface area contributed by atoms with E-state index < -0.39 is 29.7 Å². The van der Waals surface area contributed by atoms with E-state index in [4.69, 9.17) is 4.84 Å². The molecular formula is C11H10F4NO2. The van der Waals surface area contributed by atoms with Crippen LogP contribution in [0.2, 0.25) is 0 Å². The lowest BCUT2D eigenvalue weighted by molar-refractivity contribution is -0.0502. The van der Waals surface area contributed by atoms with Gasteiger partial charge in [-0.05, 0) is 18.8 Å². The molecule has 1 fully saturated rings. The minimum absolute atomic E-state index is 0.352. The molecule has 3 nitrogen and oxygen atoms in total. The summed E-state index contributed by atoms with van der Waals surface area (Å²) in [6.07, 6.45) is 2.06. The molecule has 0 saturated heterocycles. The second-order valence-electron chi connectivity index (χ2n) is 3.91. The SMILES string of the molecule is Fc1[c]c(OC(F)F)cc(NOCC2CC2)c1F. The first-order chi connectivity index (χ1) is 8.56. The highest BCUT2D eigenvalue weighted by Gasteiger charge is 2.22. The number of rotatable bonds is 6. The maximum Gasteiger partial charge on any atom is 0.387 e. The van der Waals surface area contributed by atoms with E-state index in [1.165, 1.54) is 0 Å². The van der Waals surface area contributed by atoms with Crippen molar-refractivity contribution in [1.82, 2.24) is 0 Å². The number of benzene rings is 1. The molecule has 1 aromatic rings. The van der Waals surface area contributed by atoms with Crippen molar-refractivity contribution in [3.05, 3.63) is 23.8 Å². The highest BCUT2D eigenvalue weighted by molar-refractivity contribution is 5.48. The summed E-state index contributed by atoms with van der Waals surface area (Å²) >= 11 is 0. The van der Waals surface area contributed by atoms with Crippen LogP contribution in [-0.2, 0) is 4.84 Å². The van der Waals surface area contributed by atoms with Crippen LogP contribution >= 0.6 is 0 Å². The van der Waals surface area contributed by atoms with Crippen LogP contribution in [0.3, 0.4) is 0 Å². The van der Waals surface area contributed by atoms with Gasteiger partial charge in [-0.2, -0.15) is 8.78 Å². The molecule has 0 bridgehead atoms. The summed E-state index contributed by atoms with van der Waals surface area (Å²) in [4.78, 5) is 4.93. The third-order valence-corrected chi connectivity index (χ3v) is 2.35. The Morgan fingerprint density at radius 2 is 2.11 bits per heavy atom. The fraction of sp³-hybridized carbons (Fsp3) is 0.455. The summed E-state index contributed by atoms with van der Waals surface area (Å²) in [7, 11) is 0. The molecule has 1 saturated carbocycles. The Labute approximate surface area is 101 Å². The Balaban J connectivity index is 2.03. The topological polar surface area (TPSA) is 30.5 Å². The monoisotopic (exact) mass is 264 g/mol. The molecule has 99 valence electrons. The Bertz CT molecular complexity index is 424. The lowest BCUT2D eigenvalue weighted by Gasteiger charge is -2.10. The average molecular weight is 264 g/mol. The number of hydrogen-bond acceptors (Lipinski definition) is 3. The zero-order valence-corrected chi connectivity index (χ0v) is 9.18. The highest BCUT2D eigenvalue weighted by Crippen LogP contribution is 2.30. The van der Waals surface area contributed by atoms with Gasteiger partial charge in [0.25, 0.3) is 0 Å². The van der Waals surface area contributed by atoms with Crippen LogP contribution in [0.4, 0.5) is 23.2 Å². The lowest BCUT2D eigenvalue weighted by Crippen LogP contribution is -2.08. The Morgan fingerprint density at radius 1 is 1.39 bits per heavy atom. The fourth-order valence-electron chi connectivity index (χ4n) is 1.27. The van der Waals surface area contributed by atoms with Crippen molar-refractivity contribution in [2.24, 2.45) is 5.92 Å². The molecule has 0 aromatic heterocycles. The van der Waals surface area contributed by atoms with Crippen molar-refractivity contribution in [3.63, 3.8) is 0 Å². The van der Waals surface area contributed by atoms with Crippen molar-refractivity contribution in [3.8, 4) is 5.75 Å². The van der Waals surface area contributed by atoms with E-state index >= 15 is 0 Å². The summed E-state index contributed by atoms with van der Waals surface area (Å²) < 4.78 is 54.1. The van der Waals surface area contributed by atoms with E-state index in [0.29, 0.717) is 12.5 Å². The van der Waals surface area contributed by atoms with Gasteiger partial charge < -0.3 is 4.74 Å². The van der Waals surface area contributed by atoms with Crippen molar-refractivity contribution >= 4 is 5.69 Å². The smallest absolute Gasteiger partial charge is 0.387 e. The summed E-state index contributed by atoms with van der Waals surface area (Å²) in [5.74, 6) is -2.85. The summed E-state index contributed by atoms with van der Waals surface area (Å²) in [5, 5.41) is 0. The van der Waals surface area contributed by atoms with Crippen molar-refractivity contribution in [2.75, 3.05) is 12.1 Å². The summed E-state index contributed by atoms with van der Waals surface area (Å²) in [6.45, 7) is -2.78. The van der Waals surface area contributed by atoms with Crippen LogP contribution in [0.15, 0.2) is 6.07 Å². The molecule has 18 heavy (non-hydrogen) atoms. The Morgan fingerprint density at radius 3 is 2.72 bits per heavy atom. The largest absolute Gasteiger partial charge is 0.434 e. The molecule has 1 aliphatic carbocycles. The van der Waals surface area contributed by atoms with E-state index in [1.54, 1.807) is 6.07 Å². The van der Waals surface area contributed by atoms with Gasteiger partial charge in [-0.15, -0.1) is 0 Å². The second-order valence-corrected chi connectivity index (χ2v) is 3.91. The van der Waals surface area contributed by atoms with Crippen LogP contribution < -0.4 is 10.2 Å². The molecule has 0 heterocycles. The quantitative estimate of drug-likeness (QED) is 0.632. The van der Waals surface area contributed by atoms with Gasteiger partial charge in [0.2, 0.25) is 0 Å².